The summed E-state index contributed by atoms with van der Waals surface area (Å²) in [7, 11) is -6.07. The molecule has 0 aromatic heterocycles. The SMILES string of the molecule is CCNS(=O)(=O)c1ccc(C)c(N(C)S(=O)(=O)c2ccc(C)cc2)c1C. The number of hydrogen-bond donors (Lipinski definition) is 1. The lowest BCUT2D eigenvalue weighted by Crippen LogP contribution is -2.29. The molecule has 0 atom stereocenters. The molecule has 0 heterocycles. The fraction of sp³-hybridized carbons (Fsp3) is 0.333. The molecule has 142 valence electrons. The Morgan fingerprint density at radius 2 is 1.50 bits per heavy atom. The quantitative estimate of drug-likeness (QED) is 0.814. The van der Waals surface area contributed by atoms with Gasteiger partial charge in [0.2, 0.25) is 10.0 Å². The zero-order chi connectivity index (χ0) is 19.7. The molecule has 8 heteroatoms. The Bertz CT molecular complexity index is 1010. The van der Waals surface area contributed by atoms with Crippen molar-refractivity contribution in [3.8, 4) is 0 Å². The molecular weight excluding hydrogens is 372 g/mol. The Morgan fingerprint density at radius 3 is 2.04 bits per heavy atom. The maximum absolute atomic E-state index is 13.0. The van der Waals surface area contributed by atoms with Crippen molar-refractivity contribution in [2.45, 2.75) is 37.5 Å². The average Bonchev–Trinajstić information content (AvgIpc) is 2.54. The van der Waals surface area contributed by atoms with E-state index in [4.69, 9.17) is 0 Å². The summed E-state index contributed by atoms with van der Waals surface area (Å²) in [6.45, 7) is 7.20. The maximum Gasteiger partial charge on any atom is 0.264 e. The van der Waals surface area contributed by atoms with Gasteiger partial charge in [0.25, 0.3) is 10.0 Å². The molecule has 0 saturated carbocycles. The molecule has 0 aliphatic carbocycles. The first-order chi connectivity index (χ1) is 12.0. The van der Waals surface area contributed by atoms with Gasteiger partial charge in [-0.25, -0.2) is 21.6 Å². The predicted octanol–water partition coefficient (Wildman–Crippen LogP) is 2.74. The van der Waals surface area contributed by atoms with Crippen LogP contribution in [0.1, 0.15) is 23.6 Å². The summed E-state index contributed by atoms with van der Waals surface area (Å²) in [4.78, 5) is 0.232. The molecule has 0 aliphatic heterocycles. The van der Waals surface area contributed by atoms with Gasteiger partial charge in [-0.15, -0.1) is 0 Å². The van der Waals surface area contributed by atoms with E-state index in [1.807, 2.05) is 6.92 Å². The van der Waals surface area contributed by atoms with Crippen LogP contribution in [0.3, 0.4) is 0 Å². The van der Waals surface area contributed by atoms with E-state index in [2.05, 4.69) is 4.72 Å². The minimum Gasteiger partial charge on any atom is -0.269 e. The van der Waals surface area contributed by atoms with Gasteiger partial charge in [-0.1, -0.05) is 30.7 Å². The predicted molar refractivity (Wildman–Crippen MR) is 104 cm³/mol. The third-order valence-corrected chi connectivity index (χ3v) is 7.66. The molecule has 2 aromatic carbocycles. The number of benzene rings is 2. The van der Waals surface area contributed by atoms with Crippen LogP contribution in [0.25, 0.3) is 0 Å². The van der Waals surface area contributed by atoms with Gasteiger partial charge in [0.1, 0.15) is 0 Å². The van der Waals surface area contributed by atoms with Crippen molar-refractivity contribution < 1.29 is 16.8 Å². The third-order valence-electron chi connectivity index (χ3n) is 4.20. The molecule has 0 amide bonds. The first-order valence-electron chi connectivity index (χ1n) is 8.18. The monoisotopic (exact) mass is 396 g/mol. The standard InChI is InChI=1S/C18H24N2O4S2/c1-6-19-25(21,22)17-12-9-14(3)18(15(17)4)20(5)26(23,24)16-10-7-13(2)8-11-16/h7-12,19H,6H2,1-5H3. The number of nitrogens with one attached hydrogen (secondary N) is 1. The van der Waals surface area contributed by atoms with Crippen molar-refractivity contribution in [1.82, 2.24) is 4.72 Å². The molecule has 0 radical (unpaired) electrons. The fourth-order valence-corrected chi connectivity index (χ4v) is 5.45. The number of nitrogens with zero attached hydrogens (tertiary/aromatic N) is 1. The summed E-state index contributed by atoms with van der Waals surface area (Å²) >= 11 is 0. The highest BCUT2D eigenvalue weighted by atomic mass is 32.2. The van der Waals surface area contributed by atoms with Gasteiger partial charge in [-0.2, -0.15) is 0 Å². The molecule has 0 unspecified atom stereocenters. The van der Waals surface area contributed by atoms with E-state index in [0.29, 0.717) is 16.8 Å². The molecule has 2 aromatic rings. The summed E-state index contributed by atoms with van der Waals surface area (Å²) in [6, 6.07) is 9.67. The minimum absolute atomic E-state index is 0.0749. The number of anilines is 1. The summed E-state index contributed by atoms with van der Waals surface area (Å²) in [5.74, 6) is 0. The Morgan fingerprint density at radius 1 is 0.923 bits per heavy atom. The van der Waals surface area contributed by atoms with E-state index in [9.17, 15) is 16.8 Å². The highest BCUT2D eigenvalue weighted by Gasteiger charge is 2.27. The van der Waals surface area contributed by atoms with E-state index in [0.717, 1.165) is 9.87 Å². The molecule has 6 nitrogen and oxygen atoms in total. The van der Waals surface area contributed by atoms with Crippen LogP contribution in [0.5, 0.6) is 0 Å². The van der Waals surface area contributed by atoms with E-state index in [-0.39, 0.29) is 16.3 Å². The Kier molecular flexibility index (Phi) is 5.79. The van der Waals surface area contributed by atoms with E-state index >= 15 is 0 Å². The lowest BCUT2D eigenvalue weighted by Gasteiger charge is -2.25. The fourth-order valence-electron chi connectivity index (χ4n) is 2.85. The molecule has 0 bridgehead atoms. The Labute approximate surface area is 156 Å². The van der Waals surface area contributed by atoms with Gasteiger partial charge < -0.3 is 0 Å². The van der Waals surface area contributed by atoms with Gasteiger partial charge >= 0.3 is 0 Å². The van der Waals surface area contributed by atoms with Crippen LogP contribution in [0.4, 0.5) is 5.69 Å². The highest BCUT2D eigenvalue weighted by Crippen LogP contribution is 2.32. The third kappa shape index (κ3) is 3.77. The Balaban J connectivity index is 2.62. The first kappa shape index (κ1) is 20.4. The van der Waals surface area contributed by atoms with E-state index in [1.54, 1.807) is 51.1 Å². The van der Waals surface area contributed by atoms with Gasteiger partial charge in [-0.3, -0.25) is 4.31 Å². The maximum atomic E-state index is 13.0. The van der Waals surface area contributed by atoms with Crippen molar-refractivity contribution in [2.75, 3.05) is 17.9 Å². The molecular formula is C18H24N2O4S2. The second-order valence-corrected chi connectivity index (χ2v) is 9.85. The second kappa shape index (κ2) is 7.38. The van der Waals surface area contributed by atoms with Crippen LogP contribution in [0.2, 0.25) is 0 Å². The molecule has 26 heavy (non-hydrogen) atoms. The highest BCUT2D eigenvalue weighted by molar-refractivity contribution is 7.92. The topological polar surface area (TPSA) is 83.6 Å². The number of hydrogen-bond acceptors (Lipinski definition) is 4. The summed E-state index contributed by atoms with van der Waals surface area (Å²) in [5, 5.41) is 0. The van der Waals surface area contributed by atoms with Crippen LogP contribution >= 0.6 is 0 Å². The second-order valence-electron chi connectivity index (χ2n) is 6.14. The van der Waals surface area contributed by atoms with Crippen molar-refractivity contribution in [3.05, 3.63) is 53.1 Å². The van der Waals surface area contributed by atoms with Gasteiger partial charge in [0.15, 0.2) is 0 Å². The lowest BCUT2D eigenvalue weighted by molar-refractivity contribution is 0.582. The smallest absolute Gasteiger partial charge is 0.264 e. The van der Waals surface area contributed by atoms with Crippen LogP contribution in [0, 0.1) is 20.8 Å². The molecule has 0 spiro atoms. The zero-order valence-electron chi connectivity index (χ0n) is 15.6. The van der Waals surface area contributed by atoms with Crippen LogP contribution in [0.15, 0.2) is 46.2 Å². The van der Waals surface area contributed by atoms with Crippen molar-refractivity contribution in [2.24, 2.45) is 0 Å². The number of rotatable bonds is 6. The summed E-state index contributed by atoms with van der Waals surface area (Å²) in [5.41, 5.74) is 2.39. The molecule has 1 N–H and O–H groups in total. The normalized spacial score (nSPS) is 12.2. The van der Waals surface area contributed by atoms with E-state index in [1.165, 1.54) is 13.1 Å². The van der Waals surface area contributed by atoms with Crippen LogP contribution in [-0.4, -0.2) is 30.4 Å². The lowest BCUT2D eigenvalue weighted by atomic mass is 10.1. The summed E-state index contributed by atoms with van der Waals surface area (Å²) < 4.78 is 54.4. The van der Waals surface area contributed by atoms with E-state index < -0.39 is 20.0 Å². The minimum atomic E-state index is -3.81. The largest absolute Gasteiger partial charge is 0.269 e. The van der Waals surface area contributed by atoms with Gasteiger partial charge in [-0.05, 0) is 50.1 Å². The van der Waals surface area contributed by atoms with Crippen molar-refractivity contribution in [1.29, 1.82) is 0 Å². The number of aryl methyl sites for hydroxylation is 2. The molecule has 2 rings (SSSR count). The van der Waals surface area contributed by atoms with Crippen molar-refractivity contribution in [3.63, 3.8) is 0 Å². The molecule has 0 saturated heterocycles. The molecule has 0 aliphatic rings. The van der Waals surface area contributed by atoms with Gasteiger partial charge in [0.05, 0.1) is 15.5 Å². The first-order valence-corrected chi connectivity index (χ1v) is 11.1. The molecule has 0 fully saturated rings. The zero-order valence-corrected chi connectivity index (χ0v) is 17.2. The number of sulfonamides is 2. The van der Waals surface area contributed by atoms with Crippen LogP contribution < -0.4 is 9.03 Å². The van der Waals surface area contributed by atoms with Crippen LogP contribution in [-0.2, 0) is 20.0 Å². The van der Waals surface area contributed by atoms with Crippen molar-refractivity contribution >= 4 is 25.7 Å². The average molecular weight is 397 g/mol. The summed E-state index contributed by atoms with van der Waals surface area (Å²) in [6.07, 6.45) is 0. The Hall–Kier alpha value is -1.90. The van der Waals surface area contributed by atoms with Gasteiger partial charge in [0, 0.05) is 13.6 Å².